The Balaban J connectivity index is 1.41. The molecule has 0 aromatic heterocycles. The highest BCUT2D eigenvalue weighted by Gasteiger charge is 2.46. The normalized spacial score (nSPS) is 21.6. The molecule has 0 bridgehead atoms. The minimum atomic E-state index is -0.285. The summed E-state index contributed by atoms with van der Waals surface area (Å²) in [7, 11) is 0. The molecule has 1 saturated heterocycles. The molecule has 1 aromatic rings. The second-order valence-electron chi connectivity index (χ2n) is 7.72. The number of esters is 1. The molecule has 0 N–H and O–H groups in total. The Hall–Kier alpha value is -1.46. The summed E-state index contributed by atoms with van der Waals surface area (Å²) >= 11 is 6.42. The number of rotatable bonds is 6. The van der Waals surface area contributed by atoms with Crippen LogP contribution in [0.5, 0.6) is 11.5 Å². The summed E-state index contributed by atoms with van der Waals surface area (Å²) in [6.45, 7) is 5.13. The standard InChI is InChI=1S/C20H26ClNO4/c1-2-24-19(23)20(11-14-3-4-14)5-7-22(8-6-20)12-15-9-17-18(10-16(15)21)26-13-25-17/h9-10,14H,2-8,11-13H2,1H3. The van der Waals surface area contributed by atoms with E-state index in [1.165, 1.54) is 12.8 Å². The number of halogens is 1. The third-order valence-corrected chi connectivity index (χ3v) is 6.19. The molecule has 3 aliphatic rings. The maximum atomic E-state index is 12.6. The number of nitrogens with zero attached hydrogens (tertiary/aromatic N) is 1. The lowest BCUT2D eigenvalue weighted by Gasteiger charge is -2.40. The van der Waals surface area contributed by atoms with Crippen LogP contribution in [-0.2, 0) is 16.1 Å². The van der Waals surface area contributed by atoms with E-state index in [1.807, 2.05) is 19.1 Å². The molecule has 0 atom stereocenters. The van der Waals surface area contributed by atoms with Gasteiger partial charge in [0.25, 0.3) is 0 Å². The SMILES string of the molecule is CCOC(=O)C1(CC2CC2)CCN(Cc2cc3c(cc2Cl)OCO3)CC1. The summed E-state index contributed by atoms with van der Waals surface area (Å²) in [5.74, 6) is 2.20. The summed E-state index contributed by atoms with van der Waals surface area (Å²) in [4.78, 5) is 15.0. The summed E-state index contributed by atoms with van der Waals surface area (Å²) in [6.07, 6.45) is 5.24. The fourth-order valence-electron chi connectivity index (χ4n) is 4.11. The van der Waals surface area contributed by atoms with Gasteiger partial charge in [-0.1, -0.05) is 24.4 Å². The van der Waals surface area contributed by atoms with Crippen LogP contribution >= 0.6 is 11.6 Å². The van der Waals surface area contributed by atoms with Crippen molar-refractivity contribution in [2.45, 2.75) is 45.6 Å². The molecule has 0 unspecified atom stereocenters. The molecule has 2 aliphatic heterocycles. The van der Waals surface area contributed by atoms with Crippen molar-refractivity contribution in [2.24, 2.45) is 11.3 Å². The van der Waals surface area contributed by atoms with Gasteiger partial charge < -0.3 is 14.2 Å². The number of carbonyl (C=O) groups is 1. The van der Waals surface area contributed by atoms with E-state index >= 15 is 0 Å². The van der Waals surface area contributed by atoms with E-state index < -0.39 is 0 Å². The lowest BCUT2D eigenvalue weighted by molar-refractivity contribution is -0.159. The van der Waals surface area contributed by atoms with Gasteiger partial charge >= 0.3 is 5.97 Å². The highest BCUT2D eigenvalue weighted by Crippen LogP contribution is 2.47. The number of benzene rings is 1. The number of carbonyl (C=O) groups excluding carboxylic acids is 1. The molecule has 6 heteroatoms. The Labute approximate surface area is 159 Å². The Bertz CT molecular complexity index is 681. The molecule has 4 rings (SSSR count). The van der Waals surface area contributed by atoms with Crippen LogP contribution in [-0.4, -0.2) is 37.4 Å². The van der Waals surface area contributed by atoms with Crippen LogP contribution in [0.15, 0.2) is 12.1 Å². The van der Waals surface area contributed by atoms with Gasteiger partial charge in [-0.15, -0.1) is 0 Å². The molecular weight excluding hydrogens is 354 g/mol. The monoisotopic (exact) mass is 379 g/mol. The number of hydrogen-bond donors (Lipinski definition) is 0. The van der Waals surface area contributed by atoms with E-state index in [-0.39, 0.29) is 18.2 Å². The second-order valence-corrected chi connectivity index (χ2v) is 8.13. The molecule has 5 nitrogen and oxygen atoms in total. The molecule has 0 amide bonds. The van der Waals surface area contributed by atoms with Gasteiger partial charge in [0.1, 0.15) is 0 Å². The van der Waals surface area contributed by atoms with Gasteiger partial charge in [0.2, 0.25) is 6.79 Å². The first-order valence-corrected chi connectivity index (χ1v) is 9.95. The topological polar surface area (TPSA) is 48.0 Å². The minimum Gasteiger partial charge on any atom is -0.466 e. The lowest BCUT2D eigenvalue weighted by atomic mass is 9.74. The van der Waals surface area contributed by atoms with Crippen LogP contribution in [0.4, 0.5) is 0 Å². The van der Waals surface area contributed by atoms with Crippen molar-refractivity contribution in [3.05, 3.63) is 22.7 Å². The van der Waals surface area contributed by atoms with Crippen LogP contribution < -0.4 is 9.47 Å². The fraction of sp³-hybridized carbons (Fsp3) is 0.650. The van der Waals surface area contributed by atoms with E-state index in [0.717, 1.165) is 50.2 Å². The molecule has 1 saturated carbocycles. The third-order valence-electron chi connectivity index (χ3n) is 5.83. The van der Waals surface area contributed by atoms with E-state index in [1.54, 1.807) is 0 Å². The van der Waals surface area contributed by atoms with Crippen molar-refractivity contribution in [1.82, 2.24) is 4.90 Å². The fourth-order valence-corrected chi connectivity index (χ4v) is 4.32. The maximum Gasteiger partial charge on any atom is 0.312 e. The smallest absolute Gasteiger partial charge is 0.312 e. The average Bonchev–Trinajstić information content (AvgIpc) is 3.33. The second kappa shape index (κ2) is 7.28. The lowest BCUT2D eigenvalue weighted by Crippen LogP contribution is -2.45. The average molecular weight is 380 g/mol. The zero-order valence-corrected chi connectivity index (χ0v) is 16.0. The number of fused-ring (bicyclic) bond motifs is 1. The van der Waals surface area contributed by atoms with Crippen molar-refractivity contribution in [2.75, 3.05) is 26.5 Å². The molecule has 1 aromatic carbocycles. The molecular formula is C20H26ClNO4. The largest absolute Gasteiger partial charge is 0.466 e. The summed E-state index contributed by atoms with van der Waals surface area (Å²) in [5.41, 5.74) is 0.758. The number of likely N-dealkylation sites (tertiary alicyclic amines) is 1. The van der Waals surface area contributed by atoms with E-state index in [4.69, 9.17) is 25.8 Å². The first-order valence-electron chi connectivity index (χ1n) is 9.57. The Morgan fingerprint density at radius 2 is 1.96 bits per heavy atom. The van der Waals surface area contributed by atoms with Crippen molar-refractivity contribution in [1.29, 1.82) is 0 Å². The van der Waals surface area contributed by atoms with Crippen LogP contribution in [0, 0.1) is 11.3 Å². The zero-order chi connectivity index (χ0) is 18.1. The Kier molecular flexibility index (Phi) is 5.02. The number of hydrogen-bond acceptors (Lipinski definition) is 5. The third kappa shape index (κ3) is 3.65. The molecule has 0 radical (unpaired) electrons. The Morgan fingerprint density at radius 1 is 1.27 bits per heavy atom. The highest BCUT2D eigenvalue weighted by atomic mass is 35.5. The predicted octanol–water partition coefficient (Wildman–Crippen LogP) is 4.01. The molecule has 1 aliphatic carbocycles. The predicted molar refractivity (Wildman–Crippen MR) is 98.5 cm³/mol. The molecule has 2 heterocycles. The van der Waals surface area contributed by atoms with Gasteiger partial charge in [-0.25, -0.2) is 0 Å². The zero-order valence-electron chi connectivity index (χ0n) is 15.3. The van der Waals surface area contributed by atoms with Gasteiger partial charge in [0.05, 0.1) is 12.0 Å². The van der Waals surface area contributed by atoms with Gasteiger partial charge in [-0.3, -0.25) is 9.69 Å². The highest BCUT2D eigenvalue weighted by molar-refractivity contribution is 6.31. The number of ether oxygens (including phenoxy) is 3. The molecule has 2 fully saturated rings. The van der Waals surface area contributed by atoms with E-state index in [2.05, 4.69) is 4.90 Å². The van der Waals surface area contributed by atoms with Crippen molar-refractivity contribution < 1.29 is 19.0 Å². The maximum absolute atomic E-state index is 12.6. The number of piperidine rings is 1. The van der Waals surface area contributed by atoms with Crippen molar-refractivity contribution in [3.8, 4) is 11.5 Å². The van der Waals surface area contributed by atoms with Crippen LogP contribution in [0.1, 0.15) is 44.6 Å². The quantitative estimate of drug-likeness (QED) is 0.699. The summed E-state index contributed by atoms with van der Waals surface area (Å²) in [5, 5.41) is 0.703. The summed E-state index contributed by atoms with van der Waals surface area (Å²) < 4.78 is 16.3. The Morgan fingerprint density at radius 3 is 2.62 bits per heavy atom. The van der Waals surface area contributed by atoms with Gasteiger partial charge in [0, 0.05) is 17.6 Å². The van der Waals surface area contributed by atoms with Gasteiger partial charge in [-0.2, -0.15) is 0 Å². The molecule has 26 heavy (non-hydrogen) atoms. The molecule has 0 spiro atoms. The van der Waals surface area contributed by atoms with Crippen LogP contribution in [0.3, 0.4) is 0 Å². The van der Waals surface area contributed by atoms with E-state index in [0.29, 0.717) is 23.3 Å². The first-order chi connectivity index (χ1) is 12.6. The van der Waals surface area contributed by atoms with E-state index in [9.17, 15) is 4.79 Å². The van der Waals surface area contributed by atoms with Gasteiger partial charge in [0.15, 0.2) is 11.5 Å². The van der Waals surface area contributed by atoms with Crippen molar-refractivity contribution >= 4 is 17.6 Å². The first kappa shape index (κ1) is 17.9. The minimum absolute atomic E-state index is 0.00709. The van der Waals surface area contributed by atoms with Gasteiger partial charge in [-0.05, 0) is 56.8 Å². The van der Waals surface area contributed by atoms with Crippen molar-refractivity contribution in [3.63, 3.8) is 0 Å². The molecule has 142 valence electrons. The van der Waals surface area contributed by atoms with Crippen LogP contribution in [0.25, 0.3) is 0 Å². The van der Waals surface area contributed by atoms with Crippen LogP contribution in [0.2, 0.25) is 5.02 Å². The summed E-state index contributed by atoms with van der Waals surface area (Å²) in [6, 6.07) is 3.81.